The summed E-state index contributed by atoms with van der Waals surface area (Å²) in [6, 6.07) is 1.84. The van der Waals surface area contributed by atoms with Crippen LogP contribution in [0.1, 0.15) is 17.5 Å². The summed E-state index contributed by atoms with van der Waals surface area (Å²) in [4.78, 5) is 44.6. The van der Waals surface area contributed by atoms with E-state index in [0.717, 1.165) is 11.8 Å². The highest BCUT2D eigenvalue weighted by atomic mass is 32.2. The molecular weight excluding hydrogens is 300 g/mol. The van der Waals surface area contributed by atoms with Crippen LogP contribution in [0.4, 0.5) is 0 Å². The van der Waals surface area contributed by atoms with E-state index in [1.54, 1.807) is 0 Å². The van der Waals surface area contributed by atoms with Crippen molar-refractivity contribution in [3.05, 3.63) is 24.2 Å². The van der Waals surface area contributed by atoms with E-state index >= 15 is 0 Å². The molecule has 1 aromatic rings. The van der Waals surface area contributed by atoms with Crippen LogP contribution in [0.25, 0.3) is 0 Å². The number of carbonyl (C=O) groups excluding carboxylic acids is 3. The van der Waals surface area contributed by atoms with Crippen LogP contribution in [0.5, 0.6) is 0 Å². The van der Waals surface area contributed by atoms with Crippen molar-refractivity contribution in [2.45, 2.75) is 13.0 Å². The Kier molecular flexibility index (Phi) is 6.47. The Balaban J connectivity index is 2.34. The largest absolute Gasteiger partial charge is 0.480 e. The predicted molar refractivity (Wildman–Crippen MR) is 73.7 cm³/mol. The van der Waals surface area contributed by atoms with Gasteiger partial charge in [0.1, 0.15) is 6.04 Å². The van der Waals surface area contributed by atoms with Gasteiger partial charge in [-0.2, -0.15) is 0 Å². The molecule has 0 radical (unpaired) electrons. The van der Waals surface area contributed by atoms with Crippen molar-refractivity contribution < 1.29 is 28.7 Å². The molecule has 8 nitrogen and oxygen atoms in total. The smallest absolute Gasteiger partial charge is 0.327 e. The monoisotopic (exact) mass is 314 g/mol. The number of carboxylic acid groups (broad SMARTS) is 1. The van der Waals surface area contributed by atoms with Crippen LogP contribution < -0.4 is 10.6 Å². The number of thioether (sulfide) groups is 1. The van der Waals surface area contributed by atoms with Crippen molar-refractivity contribution in [1.29, 1.82) is 0 Å². The van der Waals surface area contributed by atoms with Gasteiger partial charge in [-0.25, -0.2) is 4.79 Å². The Morgan fingerprint density at radius 2 is 2.10 bits per heavy atom. The third-order valence-electron chi connectivity index (χ3n) is 2.19. The summed E-state index contributed by atoms with van der Waals surface area (Å²) >= 11 is 0.989. The quantitative estimate of drug-likeness (QED) is 0.639. The lowest BCUT2D eigenvalue weighted by atomic mass is 10.3. The number of nitrogens with one attached hydrogen (secondary N) is 2. The molecule has 3 amide bonds. The highest BCUT2D eigenvalue weighted by Crippen LogP contribution is 2.04. The van der Waals surface area contributed by atoms with Crippen molar-refractivity contribution in [3.63, 3.8) is 0 Å². The molecular formula is C12H14N2O6S. The van der Waals surface area contributed by atoms with Gasteiger partial charge in [0.05, 0.1) is 12.0 Å². The van der Waals surface area contributed by atoms with Crippen LogP contribution in [-0.4, -0.2) is 46.3 Å². The zero-order valence-electron chi connectivity index (χ0n) is 11.1. The lowest BCUT2D eigenvalue weighted by Gasteiger charge is -2.12. The number of aliphatic carboxylic acids is 1. The molecule has 0 spiro atoms. The average molecular weight is 314 g/mol. The number of rotatable bonds is 7. The Morgan fingerprint density at radius 3 is 2.62 bits per heavy atom. The number of amides is 3. The summed E-state index contributed by atoms with van der Waals surface area (Å²) in [6.07, 6.45) is 1.30. The first-order chi connectivity index (χ1) is 9.90. The van der Waals surface area contributed by atoms with E-state index in [4.69, 9.17) is 9.52 Å². The Hall–Kier alpha value is -2.29. The van der Waals surface area contributed by atoms with E-state index in [9.17, 15) is 19.2 Å². The maximum absolute atomic E-state index is 11.5. The fraction of sp³-hybridized carbons (Fsp3) is 0.333. The zero-order chi connectivity index (χ0) is 15.8. The van der Waals surface area contributed by atoms with Crippen LogP contribution in [0, 0.1) is 0 Å². The van der Waals surface area contributed by atoms with Crippen molar-refractivity contribution in [2.75, 3.05) is 11.5 Å². The second-order valence-corrected chi connectivity index (χ2v) is 4.99. The molecule has 1 heterocycles. The van der Waals surface area contributed by atoms with Crippen molar-refractivity contribution >= 4 is 35.5 Å². The molecule has 0 aliphatic carbocycles. The first-order valence-corrected chi connectivity index (χ1v) is 7.01. The minimum atomic E-state index is -1.19. The maximum Gasteiger partial charge on any atom is 0.327 e. The van der Waals surface area contributed by atoms with E-state index < -0.39 is 29.7 Å². The molecule has 0 fully saturated rings. The molecule has 114 valence electrons. The number of furan rings is 1. The number of hydrogen-bond donors (Lipinski definition) is 3. The topological polar surface area (TPSA) is 126 Å². The predicted octanol–water partition coefficient (Wildman–Crippen LogP) is -0.142. The molecule has 1 rings (SSSR count). The second-order valence-electron chi connectivity index (χ2n) is 3.96. The van der Waals surface area contributed by atoms with Gasteiger partial charge >= 0.3 is 5.97 Å². The molecule has 9 heteroatoms. The van der Waals surface area contributed by atoms with Crippen LogP contribution in [0.2, 0.25) is 0 Å². The van der Waals surface area contributed by atoms with Crippen LogP contribution in [0.3, 0.4) is 0 Å². The minimum Gasteiger partial charge on any atom is -0.480 e. The lowest BCUT2D eigenvalue weighted by Crippen LogP contribution is -2.42. The van der Waals surface area contributed by atoms with Gasteiger partial charge in [0.25, 0.3) is 5.91 Å². The molecule has 0 aliphatic heterocycles. The van der Waals surface area contributed by atoms with Gasteiger partial charge in [-0.15, -0.1) is 11.8 Å². The van der Waals surface area contributed by atoms with E-state index in [1.807, 2.05) is 0 Å². The van der Waals surface area contributed by atoms with Crippen molar-refractivity contribution in [2.24, 2.45) is 0 Å². The summed E-state index contributed by atoms with van der Waals surface area (Å²) in [5, 5.41) is 13.2. The van der Waals surface area contributed by atoms with Crippen LogP contribution in [0.15, 0.2) is 22.8 Å². The SMILES string of the molecule is CC(=O)N[C@@H](CSCC(=O)NC(=O)c1ccco1)C(=O)O. The molecule has 0 unspecified atom stereocenters. The first kappa shape index (κ1) is 16.8. The molecule has 0 saturated heterocycles. The van der Waals surface area contributed by atoms with Crippen molar-refractivity contribution in [3.8, 4) is 0 Å². The highest BCUT2D eigenvalue weighted by molar-refractivity contribution is 8.00. The molecule has 21 heavy (non-hydrogen) atoms. The maximum atomic E-state index is 11.5. The summed E-state index contributed by atoms with van der Waals surface area (Å²) in [6.45, 7) is 1.20. The van der Waals surface area contributed by atoms with Crippen molar-refractivity contribution in [1.82, 2.24) is 10.6 Å². The van der Waals surface area contributed by atoms with E-state index in [-0.39, 0.29) is 17.3 Å². The molecule has 0 aromatic carbocycles. The number of hydrogen-bond acceptors (Lipinski definition) is 6. The van der Waals surface area contributed by atoms with E-state index in [0.29, 0.717) is 0 Å². The van der Waals surface area contributed by atoms with Crippen LogP contribution >= 0.6 is 11.8 Å². The third-order valence-corrected chi connectivity index (χ3v) is 3.23. The number of carboxylic acids is 1. The van der Waals surface area contributed by atoms with Gasteiger partial charge in [-0.3, -0.25) is 19.7 Å². The Labute approximate surface area is 124 Å². The van der Waals surface area contributed by atoms with Gasteiger partial charge in [0, 0.05) is 12.7 Å². The lowest BCUT2D eigenvalue weighted by molar-refractivity contribution is -0.140. The molecule has 1 aromatic heterocycles. The fourth-order valence-electron chi connectivity index (χ4n) is 1.32. The van der Waals surface area contributed by atoms with Gasteiger partial charge in [0.15, 0.2) is 5.76 Å². The fourth-order valence-corrected chi connectivity index (χ4v) is 2.16. The van der Waals surface area contributed by atoms with Gasteiger partial charge in [-0.05, 0) is 12.1 Å². The van der Waals surface area contributed by atoms with E-state index in [2.05, 4.69) is 10.6 Å². The summed E-state index contributed by atoms with van der Waals surface area (Å²) in [7, 11) is 0. The average Bonchev–Trinajstić information content (AvgIpc) is 2.90. The summed E-state index contributed by atoms with van der Waals surface area (Å²) in [5.41, 5.74) is 0. The van der Waals surface area contributed by atoms with Crippen LogP contribution in [-0.2, 0) is 14.4 Å². The van der Waals surface area contributed by atoms with Gasteiger partial charge < -0.3 is 14.8 Å². The summed E-state index contributed by atoms with van der Waals surface area (Å²) in [5.74, 6) is -3.00. The molecule has 0 saturated carbocycles. The normalized spacial score (nSPS) is 11.5. The zero-order valence-corrected chi connectivity index (χ0v) is 11.9. The van der Waals surface area contributed by atoms with Gasteiger partial charge in [0.2, 0.25) is 11.8 Å². The summed E-state index contributed by atoms with van der Waals surface area (Å²) < 4.78 is 4.82. The Bertz CT molecular complexity index is 528. The Morgan fingerprint density at radius 1 is 1.38 bits per heavy atom. The van der Waals surface area contributed by atoms with Gasteiger partial charge in [-0.1, -0.05) is 0 Å². The molecule has 3 N–H and O–H groups in total. The highest BCUT2D eigenvalue weighted by Gasteiger charge is 2.19. The molecule has 1 atom stereocenters. The third kappa shape index (κ3) is 6.13. The number of carbonyl (C=O) groups is 4. The molecule has 0 aliphatic rings. The first-order valence-electron chi connectivity index (χ1n) is 5.85. The minimum absolute atomic E-state index is 0.00927. The molecule has 0 bridgehead atoms. The second kappa shape index (κ2) is 8.10. The van der Waals surface area contributed by atoms with E-state index in [1.165, 1.54) is 25.3 Å². The number of imide groups is 1. The standard InChI is InChI=1S/C12H14N2O6S/c1-7(15)13-8(12(18)19)5-21-6-10(16)14-11(17)9-3-2-4-20-9/h2-4,8H,5-6H2,1H3,(H,13,15)(H,18,19)(H,14,16,17)/t8-/m0/s1.